The molecule has 1 amide bonds. The maximum absolute atomic E-state index is 13.7. The number of aromatic nitrogens is 4. The lowest BCUT2D eigenvalue weighted by atomic mass is 10.1. The summed E-state index contributed by atoms with van der Waals surface area (Å²) in [7, 11) is 0. The fourth-order valence-corrected chi connectivity index (χ4v) is 2.49. The zero-order valence-corrected chi connectivity index (χ0v) is 14.4. The van der Waals surface area contributed by atoms with Crippen molar-refractivity contribution in [1.82, 2.24) is 25.3 Å². The number of carbonyl (C=O) groups is 1. The van der Waals surface area contributed by atoms with Crippen LogP contribution >= 0.6 is 11.6 Å². The van der Waals surface area contributed by atoms with Gasteiger partial charge in [0.15, 0.2) is 5.82 Å². The molecule has 2 aromatic heterocycles. The first-order valence-corrected chi connectivity index (χ1v) is 8.28. The number of rotatable bonds is 7. The monoisotopic (exact) mass is 374 g/mol. The van der Waals surface area contributed by atoms with Crippen molar-refractivity contribution in [3.8, 4) is 5.82 Å². The highest BCUT2D eigenvalue weighted by atomic mass is 35.5. The SMILES string of the molecule is O=C(Cc1c(F)cccc1Cl)NCCNc1ccc(-n2cccn2)nn1. The van der Waals surface area contributed by atoms with Gasteiger partial charge in [-0.1, -0.05) is 17.7 Å². The molecule has 26 heavy (non-hydrogen) atoms. The van der Waals surface area contributed by atoms with Crippen LogP contribution in [0.4, 0.5) is 10.2 Å². The van der Waals surface area contributed by atoms with E-state index < -0.39 is 5.82 Å². The first-order chi connectivity index (χ1) is 12.6. The van der Waals surface area contributed by atoms with Gasteiger partial charge in [0.1, 0.15) is 11.6 Å². The molecular weight excluding hydrogens is 359 g/mol. The third-order valence-electron chi connectivity index (χ3n) is 3.54. The summed E-state index contributed by atoms with van der Waals surface area (Å²) in [5.41, 5.74) is 0.194. The predicted molar refractivity (Wildman–Crippen MR) is 95.8 cm³/mol. The number of hydrogen-bond donors (Lipinski definition) is 2. The number of halogens is 2. The van der Waals surface area contributed by atoms with E-state index in [9.17, 15) is 9.18 Å². The molecular formula is C17H16ClFN6O. The van der Waals surface area contributed by atoms with Gasteiger partial charge in [-0.15, -0.1) is 10.2 Å². The first-order valence-electron chi connectivity index (χ1n) is 7.90. The first kappa shape index (κ1) is 17.8. The van der Waals surface area contributed by atoms with E-state index in [1.54, 1.807) is 41.3 Å². The molecule has 3 aromatic rings. The van der Waals surface area contributed by atoms with Crippen molar-refractivity contribution in [2.45, 2.75) is 6.42 Å². The van der Waals surface area contributed by atoms with E-state index in [2.05, 4.69) is 25.9 Å². The predicted octanol–water partition coefficient (Wildman–Crippen LogP) is 2.23. The van der Waals surface area contributed by atoms with Gasteiger partial charge in [0.25, 0.3) is 0 Å². The van der Waals surface area contributed by atoms with E-state index in [0.717, 1.165) is 0 Å². The summed E-state index contributed by atoms with van der Waals surface area (Å²) < 4.78 is 15.3. The Bertz CT molecular complexity index is 849. The second kappa shape index (κ2) is 8.39. The molecule has 0 aliphatic heterocycles. The van der Waals surface area contributed by atoms with Crippen LogP contribution in [0.25, 0.3) is 5.82 Å². The largest absolute Gasteiger partial charge is 0.367 e. The molecule has 0 atom stereocenters. The molecule has 0 radical (unpaired) electrons. The van der Waals surface area contributed by atoms with E-state index in [1.807, 2.05) is 0 Å². The minimum Gasteiger partial charge on any atom is -0.367 e. The van der Waals surface area contributed by atoms with Crippen molar-refractivity contribution >= 4 is 23.3 Å². The lowest BCUT2D eigenvalue weighted by Crippen LogP contribution is -2.30. The van der Waals surface area contributed by atoms with Crippen molar-refractivity contribution in [2.75, 3.05) is 18.4 Å². The van der Waals surface area contributed by atoms with Gasteiger partial charge in [0, 0.05) is 36.1 Å². The summed E-state index contributed by atoms with van der Waals surface area (Å²) in [6.45, 7) is 0.806. The minimum absolute atomic E-state index is 0.107. The summed E-state index contributed by atoms with van der Waals surface area (Å²) in [6.07, 6.45) is 3.32. The fraction of sp³-hybridized carbons (Fsp3) is 0.176. The van der Waals surface area contributed by atoms with Crippen LogP contribution in [-0.4, -0.2) is 39.0 Å². The van der Waals surface area contributed by atoms with E-state index in [0.29, 0.717) is 24.7 Å². The molecule has 2 N–H and O–H groups in total. The van der Waals surface area contributed by atoms with Crippen LogP contribution in [-0.2, 0) is 11.2 Å². The molecule has 1 aromatic carbocycles. The molecule has 0 aliphatic rings. The number of carbonyl (C=O) groups excluding carboxylic acids is 1. The number of nitrogens with one attached hydrogen (secondary N) is 2. The standard InChI is InChI=1S/C17H16ClFN6O/c18-13-3-1-4-14(19)12(13)11-17(26)21-9-8-20-15-5-6-16(24-23-15)25-10-2-7-22-25/h1-7,10H,8-9,11H2,(H,20,23)(H,21,26). The highest BCUT2D eigenvalue weighted by molar-refractivity contribution is 6.31. The van der Waals surface area contributed by atoms with E-state index in [4.69, 9.17) is 11.6 Å². The molecule has 0 aliphatic carbocycles. The zero-order chi connectivity index (χ0) is 18.4. The van der Waals surface area contributed by atoms with Crippen LogP contribution in [0.3, 0.4) is 0 Å². The smallest absolute Gasteiger partial charge is 0.224 e. The third-order valence-corrected chi connectivity index (χ3v) is 3.90. The quantitative estimate of drug-likeness (QED) is 0.619. The van der Waals surface area contributed by atoms with Crippen LogP contribution in [0.1, 0.15) is 5.56 Å². The lowest BCUT2D eigenvalue weighted by Gasteiger charge is -2.09. The molecule has 3 rings (SSSR count). The van der Waals surface area contributed by atoms with E-state index in [-0.39, 0.29) is 22.9 Å². The Morgan fingerprint density at radius 2 is 2.04 bits per heavy atom. The van der Waals surface area contributed by atoms with Gasteiger partial charge >= 0.3 is 0 Å². The van der Waals surface area contributed by atoms with Gasteiger partial charge in [-0.3, -0.25) is 4.79 Å². The number of nitrogens with zero attached hydrogens (tertiary/aromatic N) is 4. The Hall–Kier alpha value is -3.00. The van der Waals surface area contributed by atoms with E-state index in [1.165, 1.54) is 12.1 Å². The normalized spacial score (nSPS) is 10.5. The minimum atomic E-state index is -0.488. The van der Waals surface area contributed by atoms with Crippen molar-refractivity contribution in [3.63, 3.8) is 0 Å². The highest BCUT2D eigenvalue weighted by Gasteiger charge is 2.11. The average Bonchev–Trinajstić information content (AvgIpc) is 3.17. The Kier molecular flexibility index (Phi) is 5.75. The maximum Gasteiger partial charge on any atom is 0.224 e. The second-order valence-corrected chi connectivity index (χ2v) is 5.79. The molecule has 9 heteroatoms. The zero-order valence-electron chi connectivity index (χ0n) is 13.7. The number of benzene rings is 1. The summed E-state index contributed by atoms with van der Waals surface area (Å²) in [5, 5.41) is 18.1. The molecule has 0 spiro atoms. The number of anilines is 1. The molecule has 0 saturated heterocycles. The number of amides is 1. The maximum atomic E-state index is 13.7. The second-order valence-electron chi connectivity index (χ2n) is 5.38. The summed E-state index contributed by atoms with van der Waals surface area (Å²) in [4.78, 5) is 11.9. The Morgan fingerprint density at radius 1 is 1.15 bits per heavy atom. The molecule has 2 heterocycles. The van der Waals surface area contributed by atoms with Gasteiger partial charge in [-0.25, -0.2) is 9.07 Å². The number of hydrogen-bond acceptors (Lipinski definition) is 5. The average molecular weight is 375 g/mol. The van der Waals surface area contributed by atoms with Crippen LogP contribution < -0.4 is 10.6 Å². The molecule has 0 bridgehead atoms. The summed E-state index contributed by atoms with van der Waals surface area (Å²) in [6, 6.07) is 9.68. The van der Waals surface area contributed by atoms with Crippen LogP contribution in [0, 0.1) is 5.82 Å². The van der Waals surface area contributed by atoms with Crippen LogP contribution in [0.15, 0.2) is 48.8 Å². The summed E-state index contributed by atoms with van der Waals surface area (Å²) in [5.74, 6) is 0.389. The Balaban J connectivity index is 1.43. The Labute approximate surface area is 154 Å². The van der Waals surface area contributed by atoms with Crippen molar-refractivity contribution in [3.05, 3.63) is 65.2 Å². The lowest BCUT2D eigenvalue weighted by molar-refractivity contribution is -0.120. The molecule has 0 saturated carbocycles. The third kappa shape index (κ3) is 4.54. The molecule has 0 fully saturated rings. The Morgan fingerprint density at radius 3 is 2.73 bits per heavy atom. The highest BCUT2D eigenvalue weighted by Crippen LogP contribution is 2.19. The molecule has 7 nitrogen and oxygen atoms in total. The van der Waals surface area contributed by atoms with Gasteiger partial charge in [-0.2, -0.15) is 5.10 Å². The van der Waals surface area contributed by atoms with Crippen molar-refractivity contribution in [1.29, 1.82) is 0 Å². The van der Waals surface area contributed by atoms with Crippen LogP contribution in [0.2, 0.25) is 5.02 Å². The van der Waals surface area contributed by atoms with Crippen molar-refractivity contribution < 1.29 is 9.18 Å². The van der Waals surface area contributed by atoms with E-state index >= 15 is 0 Å². The fourth-order valence-electron chi connectivity index (χ4n) is 2.26. The van der Waals surface area contributed by atoms with Gasteiger partial charge < -0.3 is 10.6 Å². The van der Waals surface area contributed by atoms with Gasteiger partial charge in [0.2, 0.25) is 5.91 Å². The van der Waals surface area contributed by atoms with Gasteiger partial charge in [0.05, 0.1) is 6.42 Å². The van der Waals surface area contributed by atoms with Gasteiger partial charge in [-0.05, 0) is 30.3 Å². The van der Waals surface area contributed by atoms with Crippen molar-refractivity contribution in [2.24, 2.45) is 0 Å². The van der Waals surface area contributed by atoms with Crippen LogP contribution in [0.5, 0.6) is 0 Å². The molecule has 134 valence electrons. The topological polar surface area (TPSA) is 84.7 Å². The summed E-state index contributed by atoms with van der Waals surface area (Å²) >= 11 is 5.91. The molecule has 0 unspecified atom stereocenters.